The van der Waals surface area contributed by atoms with Gasteiger partial charge in [-0.15, -0.1) is 0 Å². The molecule has 0 bridgehead atoms. The molecule has 5 heteroatoms. The maximum Gasteiger partial charge on any atom is 0.264 e. The summed E-state index contributed by atoms with van der Waals surface area (Å²) in [7, 11) is -1.21. The lowest BCUT2D eigenvalue weighted by Crippen LogP contribution is -2.30. The van der Waals surface area contributed by atoms with Crippen LogP contribution in [0.25, 0.3) is 0 Å². The van der Waals surface area contributed by atoms with Crippen molar-refractivity contribution in [3.63, 3.8) is 0 Å². The molecular weight excluding hydrogens is 238 g/mol. The van der Waals surface area contributed by atoms with Gasteiger partial charge in [-0.3, -0.25) is 4.18 Å². The minimum absolute atomic E-state index is 0.338. The van der Waals surface area contributed by atoms with E-state index in [1.54, 1.807) is 0 Å². The van der Waals surface area contributed by atoms with Gasteiger partial charge in [-0.25, -0.2) is 0 Å². The molecule has 0 unspecified atom stereocenters. The zero-order valence-electron chi connectivity index (χ0n) is 10.9. The number of rotatable bonds is 7. The average molecular weight is 263 g/mol. The highest BCUT2D eigenvalue weighted by Crippen LogP contribution is 2.28. The molecule has 0 radical (unpaired) electrons. The molecule has 0 heterocycles. The molecule has 0 saturated heterocycles. The highest BCUT2D eigenvalue weighted by atomic mass is 32.2. The molecule has 102 valence electrons. The van der Waals surface area contributed by atoms with Crippen LogP contribution in [0.4, 0.5) is 0 Å². The third kappa shape index (κ3) is 7.01. The van der Waals surface area contributed by atoms with Gasteiger partial charge in [0.2, 0.25) is 0 Å². The van der Waals surface area contributed by atoms with Crippen molar-refractivity contribution in [2.45, 2.75) is 51.0 Å². The standard InChI is InChI=1S/C12H25NO3S/c1-13-12-8-6-11(7-9-12)5-3-4-10-16-17(2,14)15/h11-13H,3-10H2,1-2H3. The lowest BCUT2D eigenvalue weighted by atomic mass is 9.83. The zero-order valence-corrected chi connectivity index (χ0v) is 11.8. The monoisotopic (exact) mass is 263 g/mol. The normalized spacial score (nSPS) is 26.0. The summed E-state index contributed by atoms with van der Waals surface area (Å²) in [5.41, 5.74) is 0. The van der Waals surface area contributed by atoms with Crippen molar-refractivity contribution in [1.29, 1.82) is 0 Å². The van der Waals surface area contributed by atoms with Gasteiger partial charge >= 0.3 is 0 Å². The molecule has 1 aliphatic carbocycles. The number of nitrogens with one attached hydrogen (secondary N) is 1. The van der Waals surface area contributed by atoms with Crippen LogP contribution in [0.15, 0.2) is 0 Å². The molecule has 1 saturated carbocycles. The van der Waals surface area contributed by atoms with E-state index >= 15 is 0 Å². The van der Waals surface area contributed by atoms with Crippen molar-refractivity contribution in [1.82, 2.24) is 5.32 Å². The highest BCUT2D eigenvalue weighted by Gasteiger charge is 2.19. The second-order valence-corrected chi connectivity index (χ2v) is 6.67. The Labute approximate surface area is 105 Å². The first-order chi connectivity index (χ1) is 8.01. The summed E-state index contributed by atoms with van der Waals surface area (Å²) >= 11 is 0. The SMILES string of the molecule is CNC1CCC(CCCCOS(C)(=O)=O)CC1. The van der Waals surface area contributed by atoms with Crippen LogP contribution in [0.3, 0.4) is 0 Å². The molecule has 1 rings (SSSR count). The van der Waals surface area contributed by atoms with Gasteiger partial charge in [0.05, 0.1) is 12.9 Å². The van der Waals surface area contributed by atoms with Crippen molar-refractivity contribution in [2.24, 2.45) is 5.92 Å². The van der Waals surface area contributed by atoms with Crippen molar-refractivity contribution in [3.8, 4) is 0 Å². The molecule has 0 aromatic carbocycles. The lowest BCUT2D eigenvalue weighted by molar-refractivity contribution is 0.267. The molecule has 0 aliphatic heterocycles. The van der Waals surface area contributed by atoms with Crippen molar-refractivity contribution < 1.29 is 12.6 Å². The molecule has 0 aromatic heterocycles. The average Bonchev–Trinajstić information content (AvgIpc) is 2.28. The van der Waals surface area contributed by atoms with Gasteiger partial charge < -0.3 is 5.32 Å². The van der Waals surface area contributed by atoms with E-state index in [-0.39, 0.29) is 0 Å². The summed E-state index contributed by atoms with van der Waals surface area (Å²) < 4.78 is 26.2. The number of hydrogen-bond acceptors (Lipinski definition) is 4. The van der Waals surface area contributed by atoms with Crippen molar-refractivity contribution in [3.05, 3.63) is 0 Å². The van der Waals surface area contributed by atoms with E-state index in [0.29, 0.717) is 12.6 Å². The van der Waals surface area contributed by atoms with Crippen LogP contribution in [-0.2, 0) is 14.3 Å². The smallest absolute Gasteiger partial charge is 0.264 e. The summed E-state index contributed by atoms with van der Waals surface area (Å²) in [6.45, 7) is 0.338. The van der Waals surface area contributed by atoms with Crippen LogP contribution in [0.5, 0.6) is 0 Å². The summed E-state index contributed by atoms with van der Waals surface area (Å²) in [6, 6.07) is 0.708. The minimum atomic E-state index is -3.25. The molecule has 0 atom stereocenters. The first kappa shape index (κ1) is 14.9. The largest absolute Gasteiger partial charge is 0.317 e. The maximum atomic E-state index is 10.7. The summed E-state index contributed by atoms with van der Waals surface area (Å²) in [5.74, 6) is 0.831. The Morgan fingerprint density at radius 3 is 2.35 bits per heavy atom. The van der Waals surface area contributed by atoms with E-state index in [9.17, 15) is 8.42 Å². The molecule has 4 nitrogen and oxygen atoms in total. The Kier molecular flexibility index (Phi) is 6.44. The molecule has 0 aromatic rings. The Morgan fingerprint density at radius 2 is 1.82 bits per heavy atom. The third-order valence-electron chi connectivity index (χ3n) is 3.56. The maximum absolute atomic E-state index is 10.7. The predicted octanol–water partition coefficient (Wildman–Crippen LogP) is 1.91. The van der Waals surface area contributed by atoms with Crippen molar-refractivity contribution >= 4 is 10.1 Å². The fourth-order valence-electron chi connectivity index (χ4n) is 2.49. The van der Waals surface area contributed by atoms with Crippen LogP contribution in [0, 0.1) is 5.92 Å². The van der Waals surface area contributed by atoms with Gasteiger partial charge in [0.25, 0.3) is 10.1 Å². The molecule has 1 fully saturated rings. The first-order valence-electron chi connectivity index (χ1n) is 6.53. The Morgan fingerprint density at radius 1 is 1.18 bits per heavy atom. The summed E-state index contributed by atoms with van der Waals surface area (Å²) in [4.78, 5) is 0. The fourth-order valence-corrected chi connectivity index (χ4v) is 2.91. The number of hydrogen-bond donors (Lipinski definition) is 1. The second kappa shape index (κ2) is 7.34. The van der Waals surface area contributed by atoms with E-state index in [2.05, 4.69) is 5.32 Å². The zero-order chi connectivity index (χ0) is 12.7. The Hall–Kier alpha value is -0.130. The van der Waals surface area contributed by atoms with Crippen LogP contribution in [-0.4, -0.2) is 34.4 Å². The highest BCUT2D eigenvalue weighted by molar-refractivity contribution is 7.85. The molecular formula is C12H25NO3S. The topological polar surface area (TPSA) is 55.4 Å². The van der Waals surface area contributed by atoms with Crippen LogP contribution < -0.4 is 5.32 Å². The van der Waals surface area contributed by atoms with E-state index in [1.165, 1.54) is 32.1 Å². The van der Waals surface area contributed by atoms with Crippen LogP contribution in [0.1, 0.15) is 44.9 Å². The lowest BCUT2D eigenvalue weighted by Gasteiger charge is -2.28. The predicted molar refractivity (Wildman–Crippen MR) is 69.5 cm³/mol. The molecule has 17 heavy (non-hydrogen) atoms. The van der Waals surface area contributed by atoms with Gasteiger partial charge in [0, 0.05) is 6.04 Å². The van der Waals surface area contributed by atoms with Crippen LogP contribution >= 0.6 is 0 Å². The molecule has 0 spiro atoms. The van der Waals surface area contributed by atoms with Gasteiger partial charge in [-0.2, -0.15) is 8.42 Å². The molecule has 1 aliphatic rings. The first-order valence-corrected chi connectivity index (χ1v) is 8.34. The summed E-state index contributed by atoms with van der Waals surface area (Å²) in [6.07, 6.45) is 9.40. The van der Waals surface area contributed by atoms with Gasteiger partial charge in [0.15, 0.2) is 0 Å². The van der Waals surface area contributed by atoms with E-state index in [0.717, 1.165) is 25.0 Å². The summed E-state index contributed by atoms with van der Waals surface area (Å²) in [5, 5.41) is 3.33. The second-order valence-electron chi connectivity index (χ2n) is 5.03. The van der Waals surface area contributed by atoms with E-state index < -0.39 is 10.1 Å². The van der Waals surface area contributed by atoms with Gasteiger partial charge in [-0.1, -0.05) is 12.8 Å². The van der Waals surface area contributed by atoms with Gasteiger partial charge in [0.1, 0.15) is 0 Å². The quantitative estimate of drug-likeness (QED) is 0.563. The third-order valence-corrected chi connectivity index (χ3v) is 4.15. The molecule has 1 N–H and O–H groups in total. The Balaban J connectivity index is 2.01. The van der Waals surface area contributed by atoms with Gasteiger partial charge in [-0.05, 0) is 45.1 Å². The van der Waals surface area contributed by atoms with Crippen molar-refractivity contribution in [2.75, 3.05) is 19.9 Å². The van der Waals surface area contributed by atoms with E-state index in [4.69, 9.17) is 4.18 Å². The Bertz CT molecular complexity index is 295. The number of unbranched alkanes of at least 4 members (excludes halogenated alkanes) is 1. The molecule has 0 amide bonds. The fraction of sp³-hybridized carbons (Fsp3) is 1.00. The van der Waals surface area contributed by atoms with Crippen LogP contribution in [0.2, 0.25) is 0 Å². The van der Waals surface area contributed by atoms with E-state index in [1.807, 2.05) is 7.05 Å². The minimum Gasteiger partial charge on any atom is -0.317 e.